The van der Waals surface area contributed by atoms with Crippen molar-refractivity contribution >= 4 is 12.4 Å². The van der Waals surface area contributed by atoms with E-state index in [0.717, 1.165) is 24.0 Å². The van der Waals surface area contributed by atoms with Crippen molar-refractivity contribution in [1.29, 1.82) is 0 Å². The predicted octanol–water partition coefficient (Wildman–Crippen LogP) is 1.57. The zero-order valence-electron chi connectivity index (χ0n) is 6.58. The average molecular weight is 159 g/mol. The van der Waals surface area contributed by atoms with Gasteiger partial charge in [-0.1, -0.05) is 12.1 Å². The number of rotatable bonds is 1. The molecular formula is C10H9NO. The van der Waals surface area contributed by atoms with E-state index < -0.39 is 0 Å². The third-order valence-electron chi connectivity index (χ3n) is 1.98. The minimum Gasteiger partial charge on any atom is -0.387 e. The minimum atomic E-state index is 0.736. The lowest BCUT2D eigenvalue weighted by molar-refractivity contribution is 0.112. The van der Waals surface area contributed by atoms with E-state index in [-0.39, 0.29) is 0 Å². The Morgan fingerprint density at radius 1 is 1.42 bits per heavy atom. The zero-order valence-corrected chi connectivity index (χ0v) is 6.58. The smallest absolute Gasteiger partial charge is 0.150 e. The van der Waals surface area contributed by atoms with Crippen molar-refractivity contribution in [3.63, 3.8) is 0 Å². The Kier molecular flexibility index (Phi) is 1.67. The van der Waals surface area contributed by atoms with Crippen molar-refractivity contribution in [3.8, 4) is 0 Å². The highest BCUT2D eigenvalue weighted by molar-refractivity contribution is 5.77. The van der Waals surface area contributed by atoms with Gasteiger partial charge in [-0.3, -0.25) is 4.79 Å². The molecule has 0 unspecified atom stereocenters. The van der Waals surface area contributed by atoms with Crippen LogP contribution in [0.2, 0.25) is 0 Å². The molecule has 0 saturated carbocycles. The van der Waals surface area contributed by atoms with Crippen molar-refractivity contribution in [2.24, 2.45) is 0 Å². The number of hydrogen-bond donors (Lipinski definition) is 1. The monoisotopic (exact) mass is 159 g/mol. The number of carbonyl (C=O) groups is 1. The molecule has 1 aromatic carbocycles. The molecule has 1 aromatic rings. The number of aldehydes is 1. The molecule has 0 aromatic heterocycles. The molecule has 1 N–H and O–H groups in total. The third kappa shape index (κ3) is 1.11. The largest absolute Gasteiger partial charge is 0.387 e. The summed E-state index contributed by atoms with van der Waals surface area (Å²) in [6, 6.07) is 5.72. The standard InChI is InChI=1S/C10H9NO/c12-7-8-1-2-10-6-11-4-3-9(10)5-8/h1-5,7,11H,6H2. The van der Waals surface area contributed by atoms with Crippen molar-refractivity contribution in [3.05, 3.63) is 41.1 Å². The minimum absolute atomic E-state index is 0.736. The summed E-state index contributed by atoms with van der Waals surface area (Å²) in [6.07, 6.45) is 4.75. The van der Waals surface area contributed by atoms with Crippen LogP contribution in [-0.2, 0) is 6.54 Å². The Hall–Kier alpha value is -1.57. The second kappa shape index (κ2) is 2.81. The molecule has 1 heterocycles. The van der Waals surface area contributed by atoms with E-state index >= 15 is 0 Å². The molecule has 60 valence electrons. The van der Waals surface area contributed by atoms with Crippen LogP contribution in [0.5, 0.6) is 0 Å². The van der Waals surface area contributed by atoms with Gasteiger partial charge in [0.15, 0.2) is 0 Å². The summed E-state index contributed by atoms with van der Waals surface area (Å²) >= 11 is 0. The van der Waals surface area contributed by atoms with Crippen LogP contribution in [0.25, 0.3) is 6.08 Å². The Balaban J connectivity index is 2.51. The molecule has 12 heavy (non-hydrogen) atoms. The fourth-order valence-corrected chi connectivity index (χ4v) is 1.32. The SMILES string of the molecule is O=Cc1ccc2c(c1)C=CNC2. The fraction of sp³-hybridized carbons (Fsp3) is 0.100. The van der Waals surface area contributed by atoms with E-state index in [1.807, 2.05) is 30.5 Å². The summed E-state index contributed by atoms with van der Waals surface area (Å²) in [6.45, 7) is 0.852. The molecule has 1 aliphatic heterocycles. The molecule has 0 aliphatic carbocycles. The number of fused-ring (bicyclic) bond motifs is 1. The van der Waals surface area contributed by atoms with Crippen LogP contribution in [0.1, 0.15) is 21.5 Å². The second-order valence-electron chi connectivity index (χ2n) is 2.79. The molecule has 2 rings (SSSR count). The Bertz CT molecular complexity index is 342. The first-order chi connectivity index (χ1) is 5.90. The lowest BCUT2D eigenvalue weighted by Gasteiger charge is -2.11. The van der Waals surface area contributed by atoms with E-state index in [1.165, 1.54) is 5.56 Å². The number of nitrogens with one attached hydrogen (secondary N) is 1. The highest BCUT2D eigenvalue weighted by Gasteiger charge is 2.03. The van der Waals surface area contributed by atoms with Gasteiger partial charge in [-0.25, -0.2) is 0 Å². The van der Waals surface area contributed by atoms with E-state index in [4.69, 9.17) is 0 Å². The first-order valence-corrected chi connectivity index (χ1v) is 3.88. The molecule has 0 spiro atoms. The highest BCUT2D eigenvalue weighted by atomic mass is 16.1. The maximum Gasteiger partial charge on any atom is 0.150 e. The van der Waals surface area contributed by atoms with Crippen LogP contribution in [0.15, 0.2) is 24.4 Å². The van der Waals surface area contributed by atoms with Crippen molar-refractivity contribution in [2.75, 3.05) is 0 Å². The fourth-order valence-electron chi connectivity index (χ4n) is 1.32. The molecule has 2 heteroatoms. The lowest BCUT2D eigenvalue weighted by Crippen LogP contribution is -2.10. The lowest BCUT2D eigenvalue weighted by atomic mass is 10.0. The van der Waals surface area contributed by atoms with E-state index in [1.54, 1.807) is 0 Å². The van der Waals surface area contributed by atoms with Crippen molar-refractivity contribution in [2.45, 2.75) is 6.54 Å². The normalized spacial score (nSPS) is 13.3. The molecule has 0 bridgehead atoms. The molecule has 0 fully saturated rings. The Morgan fingerprint density at radius 3 is 3.17 bits per heavy atom. The third-order valence-corrected chi connectivity index (χ3v) is 1.98. The first kappa shape index (κ1) is 7.10. The highest BCUT2D eigenvalue weighted by Crippen LogP contribution is 2.15. The predicted molar refractivity (Wildman–Crippen MR) is 47.7 cm³/mol. The van der Waals surface area contributed by atoms with Gasteiger partial charge in [0.2, 0.25) is 0 Å². The van der Waals surface area contributed by atoms with Gasteiger partial charge in [-0.05, 0) is 29.5 Å². The summed E-state index contributed by atoms with van der Waals surface area (Å²) in [7, 11) is 0. The van der Waals surface area contributed by atoms with E-state index in [2.05, 4.69) is 5.32 Å². The molecular weight excluding hydrogens is 150 g/mol. The number of carbonyl (C=O) groups excluding carboxylic acids is 1. The number of benzene rings is 1. The summed E-state index contributed by atoms with van der Waals surface area (Å²) in [5, 5.41) is 3.11. The van der Waals surface area contributed by atoms with Gasteiger partial charge in [0.05, 0.1) is 0 Å². The summed E-state index contributed by atoms with van der Waals surface area (Å²) in [5.74, 6) is 0. The summed E-state index contributed by atoms with van der Waals surface area (Å²) in [4.78, 5) is 10.5. The van der Waals surface area contributed by atoms with E-state index in [0.29, 0.717) is 0 Å². The van der Waals surface area contributed by atoms with Crippen molar-refractivity contribution in [1.82, 2.24) is 5.32 Å². The van der Waals surface area contributed by atoms with Gasteiger partial charge in [0.25, 0.3) is 0 Å². The van der Waals surface area contributed by atoms with E-state index in [9.17, 15) is 4.79 Å². The second-order valence-corrected chi connectivity index (χ2v) is 2.79. The van der Waals surface area contributed by atoms with Crippen LogP contribution in [0.4, 0.5) is 0 Å². The van der Waals surface area contributed by atoms with Crippen LogP contribution >= 0.6 is 0 Å². The average Bonchev–Trinajstić information content (AvgIpc) is 2.17. The molecule has 0 saturated heterocycles. The van der Waals surface area contributed by atoms with Crippen LogP contribution < -0.4 is 5.32 Å². The van der Waals surface area contributed by atoms with Crippen molar-refractivity contribution < 1.29 is 4.79 Å². The van der Waals surface area contributed by atoms with Gasteiger partial charge in [-0.15, -0.1) is 0 Å². The number of hydrogen-bond acceptors (Lipinski definition) is 2. The molecule has 0 radical (unpaired) electrons. The first-order valence-electron chi connectivity index (χ1n) is 3.88. The van der Waals surface area contributed by atoms with Gasteiger partial charge < -0.3 is 5.32 Å². The molecule has 0 atom stereocenters. The topological polar surface area (TPSA) is 29.1 Å². The van der Waals surface area contributed by atoms with Crippen LogP contribution in [-0.4, -0.2) is 6.29 Å². The quantitative estimate of drug-likeness (QED) is 0.630. The van der Waals surface area contributed by atoms with Gasteiger partial charge in [-0.2, -0.15) is 0 Å². The Morgan fingerprint density at radius 2 is 2.33 bits per heavy atom. The zero-order chi connectivity index (χ0) is 8.39. The molecule has 1 aliphatic rings. The van der Waals surface area contributed by atoms with Crippen LogP contribution in [0, 0.1) is 0 Å². The van der Waals surface area contributed by atoms with Gasteiger partial charge >= 0.3 is 0 Å². The van der Waals surface area contributed by atoms with Gasteiger partial charge in [0.1, 0.15) is 6.29 Å². The van der Waals surface area contributed by atoms with Gasteiger partial charge in [0, 0.05) is 12.1 Å². The maximum absolute atomic E-state index is 10.5. The Labute approximate surface area is 70.9 Å². The molecule has 0 amide bonds. The molecule has 2 nitrogen and oxygen atoms in total. The summed E-state index contributed by atoms with van der Waals surface area (Å²) in [5.41, 5.74) is 3.11. The van der Waals surface area contributed by atoms with Crippen LogP contribution in [0.3, 0.4) is 0 Å². The maximum atomic E-state index is 10.5. The summed E-state index contributed by atoms with van der Waals surface area (Å²) < 4.78 is 0.